The number of nitrogens with one attached hydrogen (secondary N) is 1. The Hall–Kier alpha value is -1.10. The van der Waals surface area contributed by atoms with Crippen molar-refractivity contribution >= 4 is 11.8 Å². The van der Waals surface area contributed by atoms with E-state index in [-0.39, 0.29) is 11.8 Å². The molecule has 0 spiro atoms. The van der Waals surface area contributed by atoms with Crippen molar-refractivity contribution in [2.75, 3.05) is 26.2 Å². The Morgan fingerprint density at radius 3 is 2.70 bits per heavy atom. The number of rotatable bonds is 5. The van der Waals surface area contributed by atoms with Gasteiger partial charge in [0.05, 0.1) is 6.54 Å². The zero-order chi connectivity index (χ0) is 13.9. The molecule has 1 saturated carbocycles. The molecule has 3 rings (SSSR count). The van der Waals surface area contributed by atoms with E-state index in [2.05, 4.69) is 10.2 Å². The molecule has 0 bridgehead atoms. The first kappa shape index (κ1) is 13.9. The van der Waals surface area contributed by atoms with Crippen molar-refractivity contribution in [3.63, 3.8) is 0 Å². The molecule has 2 amide bonds. The third-order valence-corrected chi connectivity index (χ3v) is 4.64. The van der Waals surface area contributed by atoms with Gasteiger partial charge < -0.3 is 10.2 Å². The van der Waals surface area contributed by atoms with Gasteiger partial charge in [0.25, 0.3) is 0 Å². The first-order valence-electron chi connectivity index (χ1n) is 8.03. The van der Waals surface area contributed by atoms with Crippen LogP contribution in [0.2, 0.25) is 0 Å². The zero-order valence-electron chi connectivity index (χ0n) is 12.1. The van der Waals surface area contributed by atoms with Crippen molar-refractivity contribution in [3.8, 4) is 0 Å². The lowest BCUT2D eigenvalue weighted by Crippen LogP contribution is -2.50. The molecule has 0 aromatic rings. The molecule has 2 heterocycles. The van der Waals surface area contributed by atoms with Crippen LogP contribution in [0.5, 0.6) is 0 Å². The van der Waals surface area contributed by atoms with Gasteiger partial charge in [0.1, 0.15) is 0 Å². The van der Waals surface area contributed by atoms with E-state index in [0.29, 0.717) is 25.0 Å². The summed E-state index contributed by atoms with van der Waals surface area (Å²) in [7, 11) is 0. The van der Waals surface area contributed by atoms with E-state index in [1.165, 1.54) is 12.8 Å². The molecule has 1 unspecified atom stereocenters. The molecule has 1 aliphatic carbocycles. The minimum Gasteiger partial charge on any atom is -0.352 e. The van der Waals surface area contributed by atoms with E-state index >= 15 is 0 Å². The summed E-state index contributed by atoms with van der Waals surface area (Å²) in [5.74, 6) is 0.449. The van der Waals surface area contributed by atoms with Gasteiger partial charge in [0, 0.05) is 31.6 Å². The van der Waals surface area contributed by atoms with Crippen molar-refractivity contribution in [2.45, 2.75) is 57.0 Å². The van der Waals surface area contributed by atoms with Gasteiger partial charge in [-0.15, -0.1) is 0 Å². The van der Waals surface area contributed by atoms with Crippen LogP contribution in [0.1, 0.15) is 44.9 Å². The maximum atomic E-state index is 12.0. The fraction of sp³-hybridized carbons (Fsp3) is 0.867. The van der Waals surface area contributed by atoms with Gasteiger partial charge in [-0.25, -0.2) is 0 Å². The minimum absolute atomic E-state index is 0.159. The molecule has 0 aromatic carbocycles. The van der Waals surface area contributed by atoms with Crippen molar-refractivity contribution in [1.82, 2.24) is 15.1 Å². The Morgan fingerprint density at radius 2 is 2.00 bits per heavy atom. The first-order valence-corrected chi connectivity index (χ1v) is 8.03. The Bertz CT molecular complexity index is 381. The van der Waals surface area contributed by atoms with Gasteiger partial charge in [0.2, 0.25) is 11.8 Å². The molecule has 0 radical (unpaired) electrons. The Balaban J connectivity index is 1.52. The first-order chi connectivity index (χ1) is 9.72. The van der Waals surface area contributed by atoms with Crippen LogP contribution < -0.4 is 5.32 Å². The molecule has 3 fully saturated rings. The molecular weight excluding hydrogens is 254 g/mol. The van der Waals surface area contributed by atoms with E-state index in [1.807, 2.05) is 4.90 Å². The Morgan fingerprint density at radius 1 is 1.15 bits per heavy atom. The molecule has 3 aliphatic rings. The number of amides is 2. The highest BCUT2D eigenvalue weighted by Crippen LogP contribution is 2.21. The largest absolute Gasteiger partial charge is 0.352 e. The SMILES string of the molecule is O=C(CN1CCCCC1CN1CCCC1=O)NC1CC1. The summed E-state index contributed by atoms with van der Waals surface area (Å²) < 4.78 is 0. The van der Waals surface area contributed by atoms with E-state index in [0.717, 1.165) is 45.3 Å². The van der Waals surface area contributed by atoms with Crippen LogP contribution in [0.15, 0.2) is 0 Å². The van der Waals surface area contributed by atoms with Crippen LogP contribution in [0.3, 0.4) is 0 Å². The maximum absolute atomic E-state index is 12.0. The van der Waals surface area contributed by atoms with Gasteiger partial charge in [-0.1, -0.05) is 6.42 Å². The molecule has 5 nitrogen and oxygen atoms in total. The summed E-state index contributed by atoms with van der Waals surface area (Å²) in [5, 5.41) is 3.06. The van der Waals surface area contributed by atoms with Crippen LogP contribution in [0.4, 0.5) is 0 Å². The quantitative estimate of drug-likeness (QED) is 0.807. The number of likely N-dealkylation sites (tertiary alicyclic amines) is 2. The predicted octanol–water partition coefficient (Wildman–Crippen LogP) is 0.742. The lowest BCUT2D eigenvalue weighted by atomic mass is 10.0. The number of nitrogens with zero attached hydrogens (tertiary/aromatic N) is 2. The Kier molecular flexibility index (Phi) is 4.24. The molecule has 5 heteroatoms. The third kappa shape index (κ3) is 3.51. The highest BCUT2D eigenvalue weighted by Gasteiger charge is 2.30. The van der Waals surface area contributed by atoms with Gasteiger partial charge in [-0.3, -0.25) is 14.5 Å². The smallest absolute Gasteiger partial charge is 0.234 e. The highest BCUT2D eigenvalue weighted by atomic mass is 16.2. The zero-order valence-corrected chi connectivity index (χ0v) is 12.1. The second-order valence-electron chi connectivity index (χ2n) is 6.41. The summed E-state index contributed by atoms with van der Waals surface area (Å²) in [4.78, 5) is 28.0. The van der Waals surface area contributed by atoms with Crippen LogP contribution in [0, 0.1) is 0 Å². The maximum Gasteiger partial charge on any atom is 0.234 e. The molecule has 20 heavy (non-hydrogen) atoms. The third-order valence-electron chi connectivity index (χ3n) is 4.64. The van der Waals surface area contributed by atoms with E-state index in [4.69, 9.17) is 0 Å². The van der Waals surface area contributed by atoms with E-state index < -0.39 is 0 Å². The number of hydrogen-bond donors (Lipinski definition) is 1. The van der Waals surface area contributed by atoms with E-state index in [9.17, 15) is 9.59 Å². The number of carbonyl (C=O) groups excluding carboxylic acids is 2. The summed E-state index contributed by atoms with van der Waals surface area (Å²) in [6, 6.07) is 0.807. The van der Waals surface area contributed by atoms with Crippen LogP contribution in [0.25, 0.3) is 0 Å². The number of piperidine rings is 1. The fourth-order valence-electron chi connectivity index (χ4n) is 3.31. The molecule has 1 atom stereocenters. The summed E-state index contributed by atoms with van der Waals surface area (Å²) >= 11 is 0. The second-order valence-corrected chi connectivity index (χ2v) is 6.41. The molecule has 2 saturated heterocycles. The summed E-state index contributed by atoms with van der Waals surface area (Å²) in [6.45, 7) is 3.21. The molecular formula is C15H25N3O2. The van der Waals surface area contributed by atoms with Gasteiger partial charge in [-0.2, -0.15) is 0 Å². The number of carbonyl (C=O) groups is 2. The predicted molar refractivity (Wildman–Crippen MR) is 76.2 cm³/mol. The van der Waals surface area contributed by atoms with Gasteiger partial charge >= 0.3 is 0 Å². The van der Waals surface area contributed by atoms with Crippen molar-refractivity contribution in [2.24, 2.45) is 0 Å². The topological polar surface area (TPSA) is 52.7 Å². The monoisotopic (exact) mass is 279 g/mol. The van der Waals surface area contributed by atoms with Crippen molar-refractivity contribution in [1.29, 1.82) is 0 Å². The molecule has 1 N–H and O–H groups in total. The van der Waals surface area contributed by atoms with Crippen molar-refractivity contribution in [3.05, 3.63) is 0 Å². The standard InChI is InChI=1S/C15H25N3O2/c19-14(16-12-6-7-12)11-17-8-2-1-4-13(17)10-18-9-3-5-15(18)20/h12-13H,1-11H2,(H,16,19). The molecule has 0 aromatic heterocycles. The normalized spacial score (nSPS) is 27.9. The van der Waals surface area contributed by atoms with Crippen LogP contribution in [-0.2, 0) is 9.59 Å². The second kappa shape index (κ2) is 6.12. The lowest BCUT2D eigenvalue weighted by molar-refractivity contribution is -0.128. The summed E-state index contributed by atoms with van der Waals surface area (Å²) in [6.07, 6.45) is 7.46. The van der Waals surface area contributed by atoms with Crippen LogP contribution in [-0.4, -0.2) is 59.9 Å². The molecule has 112 valence electrons. The fourth-order valence-corrected chi connectivity index (χ4v) is 3.31. The lowest BCUT2D eigenvalue weighted by Gasteiger charge is -2.37. The van der Waals surface area contributed by atoms with Crippen LogP contribution >= 0.6 is 0 Å². The Labute approximate surface area is 120 Å². The van der Waals surface area contributed by atoms with Gasteiger partial charge in [-0.05, 0) is 38.6 Å². The number of hydrogen-bond acceptors (Lipinski definition) is 3. The average Bonchev–Trinajstić information content (AvgIpc) is 3.14. The van der Waals surface area contributed by atoms with Crippen molar-refractivity contribution < 1.29 is 9.59 Å². The summed E-state index contributed by atoms with van der Waals surface area (Å²) in [5.41, 5.74) is 0. The average molecular weight is 279 g/mol. The minimum atomic E-state index is 0.159. The van der Waals surface area contributed by atoms with E-state index in [1.54, 1.807) is 0 Å². The molecule has 2 aliphatic heterocycles. The highest BCUT2D eigenvalue weighted by molar-refractivity contribution is 5.79. The van der Waals surface area contributed by atoms with Gasteiger partial charge in [0.15, 0.2) is 0 Å².